The molecule has 2 aromatic carbocycles. The van der Waals surface area contributed by atoms with Crippen molar-refractivity contribution in [2.75, 3.05) is 13.7 Å². The van der Waals surface area contributed by atoms with Crippen LogP contribution in [0.5, 0.6) is 11.5 Å². The maximum Gasteiger partial charge on any atom is 0.343 e. The van der Waals surface area contributed by atoms with Gasteiger partial charge in [0.05, 0.1) is 17.6 Å². The highest BCUT2D eigenvalue weighted by molar-refractivity contribution is 6.01. The van der Waals surface area contributed by atoms with Gasteiger partial charge in [-0.25, -0.2) is 4.79 Å². The van der Waals surface area contributed by atoms with E-state index in [9.17, 15) is 25.0 Å². The summed E-state index contributed by atoms with van der Waals surface area (Å²) in [5.74, 6) is -1.12. The van der Waals surface area contributed by atoms with Crippen LogP contribution in [0.15, 0.2) is 60.7 Å². The van der Waals surface area contributed by atoms with Crippen molar-refractivity contribution in [2.24, 2.45) is 0 Å². The number of carbonyl (C=O) groups is 2. The van der Waals surface area contributed by atoms with Crippen LogP contribution in [0.25, 0.3) is 6.08 Å². The first-order valence-corrected chi connectivity index (χ1v) is 8.55. The molecule has 0 aliphatic carbocycles. The second kappa shape index (κ2) is 10.2. The monoisotopic (exact) mass is 407 g/mol. The molecule has 30 heavy (non-hydrogen) atoms. The van der Waals surface area contributed by atoms with Gasteiger partial charge in [-0.05, 0) is 29.8 Å². The summed E-state index contributed by atoms with van der Waals surface area (Å²) >= 11 is 0. The summed E-state index contributed by atoms with van der Waals surface area (Å²) in [6.45, 7) is 3.70. The van der Waals surface area contributed by atoms with E-state index in [-0.39, 0.29) is 34.9 Å². The number of non-ortho nitro benzene ring substituents is 1. The number of ether oxygens (including phenoxy) is 2. The third kappa shape index (κ3) is 5.53. The number of esters is 1. The quantitative estimate of drug-likeness (QED) is 0.135. The first kappa shape index (κ1) is 21.8. The van der Waals surface area contributed by atoms with Crippen LogP contribution in [0.4, 0.5) is 5.69 Å². The van der Waals surface area contributed by atoms with Crippen LogP contribution >= 0.6 is 0 Å². The van der Waals surface area contributed by atoms with E-state index in [1.54, 1.807) is 0 Å². The molecular formula is C21H17N3O6. The molecule has 0 aliphatic rings. The number of nitriles is 1. The molecule has 0 saturated carbocycles. The largest absolute Gasteiger partial charge is 0.493 e. The molecule has 152 valence electrons. The van der Waals surface area contributed by atoms with Gasteiger partial charge in [-0.15, -0.1) is 6.58 Å². The summed E-state index contributed by atoms with van der Waals surface area (Å²) in [5.41, 5.74) is 0.101. The second-order valence-electron chi connectivity index (χ2n) is 5.78. The van der Waals surface area contributed by atoms with Crippen LogP contribution in [0.2, 0.25) is 0 Å². The van der Waals surface area contributed by atoms with E-state index in [1.807, 2.05) is 6.07 Å². The Kier molecular flexibility index (Phi) is 7.42. The first-order chi connectivity index (χ1) is 14.4. The Bertz CT molecular complexity index is 1070. The molecule has 9 heteroatoms. The summed E-state index contributed by atoms with van der Waals surface area (Å²) < 4.78 is 10.5. The number of benzene rings is 2. The van der Waals surface area contributed by atoms with Crippen molar-refractivity contribution in [1.29, 1.82) is 5.26 Å². The van der Waals surface area contributed by atoms with Gasteiger partial charge in [0.15, 0.2) is 11.5 Å². The minimum Gasteiger partial charge on any atom is -0.493 e. The molecule has 1 amide bonds. The van der Waals surface area contributed by atoms with E-state index >= 15 is 0 Å². The van der Waals surface area contributed by atoms with E-state index in [2.05, 4.69) is 11.9 Å². The number of hydrogen-bond acceptors (Lipinski definition) is 7. The Morgan fingerprint density at radius 1 is 1.27 bits per heavy atom. The predicted molar refractivity (Wildman–Crippen MR) is 108 cm³/mol. The Morgan fingerprint density at radius 2 is 2.03 bits per heavy atom. The fraction of sp³-hybridized carbons (Fsp3) is 0.0952. The normalized spacial score (nSPS) is 10.5. The van der Waals surface area contributed by atoms with Crippen molar-refractivity contribution >= 4 is 23.6 Å². The van der Waals surface area contributed by atoms with Gasteiger partial charge < -0.3 is 14.8 Å². The molecule has 0 radical (unpaired) electrons. The summed E-state index contributed by atoms with van der Waals surface area (Å²) in [7, 11) is 1.36. The zero-order chi connectivity index (χ0) is 22.1. The lowest BCUT2D eigenvalue weighted by Crippen LogP contribution is -2.24. The van der Waals surface area contributed by atoms with Gasteiger partial charge in [-0.2, -0.15) is 5.26 Å². The van der Waals surface area contributed by atoms with E-state index in [1.165, 1.54) is 55.7 Å². The lowest BCUT2D eigenvalue weighted by atomic mass is 10.1. The van der Waals surface area contributed by atoms with Gasteiger partial charge >= 0.3 is 5.97 Å². The van der Waals surface area contributed by atoms with Crippen LogP contribution in [0.3, 0.4) is 0 Å². The maximum atomic E-state index is 12.3. The van der Waals surface area contributed by atoms with E-state index in [0.717, 1.165) is 6.07 Å². The highest BCUT2D eigenvalue weighted by atomic mass is 16.6. The summed E-state index contributed by atoms with van der Waals surface area (Å²) in [6.07, 6.45) is 2.84. The number of methoxy groups -OCH3 is 1. The average molecular weight is 407 g/mol. The molecule has 1 N–H and O–H groups in total. The highest BCUT2D eigenvalue weighted by Crippen LogP contribution is 2.30. The van der Waals surface area contributed by atoms with Crippen molar-refractivity contribution in [3.63, 3.8) is 0 Å². The van der Waals surface area contributed by atoms with Crippen molar-refractivity contribution in [1.82, 2.24) is 5.32 Å². The van der Waals surface area contributed by atoms with Gasteiger partial charge in [-0.1, -0.05) is 18.2 Å². The molecule has 0 aliphatic heterocycles. The van der Waals surface area contributed by atoms with Gasteiger partial charge in [0.2, 0.25) is 0 Å². The Balaban J connectivity index is 2.26. The molecule has 0 unspecified atom stereocenters. The van der Waals surface area contributed by atoms with E-state index in [4.69, 9.17) is 9.47 Å². The minimum atomic E-state index is -0.804. The fourth-order valence-electron chi connectivity index (χ4n) is 2.34. The maximum absolute atomic E-state index is 12.3. The van der Waals surface area contributed by atoms with Crippen molar-refractivity contribution < 1.29 is 24.0 Å². The number of nitrogens with zero attached hydrogens (tertiary/aromatic N) is 2. The molecule has 0 saturated heterocycles. The number of nitro benzene ring substituents is 1. The van der Waals surface area contributed by atoms with Crippen molar-refractivity contribution in [3.8, 4) is 17.6 Å². The average Bonchev–Trinajstić information content (AvgIpc) is 2.76. The molecule has 0 spiro atoms. The Labute approximate surface area is 172 Å². The SMILES string of the molecule is C=CCNC(=O)/C(C#N)=C\c1ccc(OC(=O)c2cccc([N+](=O)[O-])c2)c(OC)c1. The zero-order valence-electron chi connectivity index (χ0n) is 16.0. The van der Waals surface area contributed by atoms with Crippen molar-refractivity contribution in [2.45, 2.75) is 0 Å². The van der Waals surface area contributed by atoms with Gasteiger partial charge in [0.25, 0.3) is 11.6 Å². The number of rotatable bonds is 8. The summed E-state index contributed by atoms with van der Waals surface area (Å²) in [5, 5.41) is 22.6. The molecular weight excluding hydrogens is 390 g/mol. The first-order valence-electron chi connectivity index (χ1n) is 8.55. The van der Waals surface area contributed by atoms with Gasteiger partial charge in [0, 0.05) is 18.7 Å². The molecule has 2 rings (SSSR count). The smallest absolute Gasteiger partial charge is 0.343 e. The molecule has 0 atom stereocenters. The fourth-order valence-corrected chi connectivity index (χ4v) is 2.34. The predicted octanol–water partition coefficient (Wildman–Crippen LogP) is 3.03. The lowest BCUT2D eigenvalue weighted by molar-refractivity contribution is -0.384. The van der Waals surface area contributed by atoms with Crippen LogP contribution in [0.1, 0.15) is 15.9 Å². The minimum absolute atomic E-state index is 0.000817. The molecule has 2 aromatic rings. The molecule has 9 nitrogen and oxygen atoms in total. The second-order valence-corrected chi connectivity index (χ2v) is 5.78. The van der Waals surface area contributed by atoms with Gasteiger partial charge in [-0.3, -0.25) is 14.9 Å². The molecule has 0 aromatic heterocycles. The number of carbonyl (C=O) groups excluding carboxylic acids is 2. The third-order valence-electron chi connectivity index (χ3n) is 3.77. The van der Waals surface area contributed by atoms with E-state index < -0.39 is 16.8 Å². The van der Waals surface area contributed by atoms with Crippen LogP contribution in [0, 0.1) is 21.4 Å². The third-order valence-corrected chi connectivity index (χ3v) is 3.77. The van der Waals surface area contributed by atoms with Gasteiger partial charge in [0.1, 0.15) is 11.6 Å². The number of nitro groups is 1. The van der Waals surface area contributed by atoms with Crippen LogP contribution in [-0.2, 0) is 4.79 Å². The summed E-state index contributed by atoms with van der Waals surface area (Å²) in [6, 6.07) is 11.4. The lowest BCUT2D eigenvalue weighted by Gasteiger charge is -2.10. The van der Waals surface area contributed by atoms with E-state index in [0.29, 0.717) is 5.56 Å². The number of nitrogens with one attached hydrogen (secondary N) is 1. The molecule has 0 fully saturated rings. The van der Waals surface area contributed by atoms with Crippen LogP contribution in [-0.4, -0.2) is 30.5 Å². The summed E-state index contributed by atoms with van der Waals surface area (Å²) in [4.78, 5) is 34.5. The highest BCUT2D eigenvalue weighted by Gasteiger charge is 2.16. The number of amides is 1. The topological polar surface area (TPSA) is 132 Å². The molecule has 0 bridgehead atoms. The Morgan fingerprint density at radius 3 is 2.67 bits per heavy atom. The zero-order valence-corrected chi connectivity index (χ0v) is 16.0. The standard InChI is InChI=1S/C21H17N3O6/c1-3-9-23-20(25)16(13-22)10-14-7-8-18(19(11-14)29-2)30-21(26)15-5-4-6-17(12-15)24(27)28/h3-8,10-12H,1,9H2,2H3,(H,23,25)/b16-10-. The van der Waals surface area contributed by atoms with Crippen molar-refractivity contribution in [3.05, 3.63) is 81.9 Å². The van der Waals surface area contributed by atoms with Crippen LogP contribution < -0.4 is 14.8 Å². The Hall–Kier alpha value is -4.45. The molecule has 0 heterocycles. The number of hydrogen-bond donors (Lipinski definition) is 1.